The molecule has 28 heavy (non-hydrogen) atoms. The van der Waals surface area contributed by atoms with Gasteiger partial charge in [-0.2, -0.15) is 0 Å². The van der Waals surface area contributed by atoms with Gasteiger partial charge in [-0.15, -0.1) is 0 Å². The Bertz CT molecular complexity index is 1120. The maximum absolute atomic E-state index is 11.7. The molecular weight excluding hydrogens is 348 g/mol. The largest absolute Gasteiger partial charge is 0.478 e. The minimum Gasteiger partial charge on any atom is -0.478 e. The molecule has 0 saturated carbocycles. The van der Waals surface area contributed by atoms with Crippen LogP contribution in [0.1, 0.15) is 21.5 Å². The van der Waals surface area contributed by atoms with Gasteiger partial charge in [-0.05, 0) is 35.4 Å². The lowest BCUT2D eigenvalue weighted by Crippen LogP contribution is -2.02. The van der Waals surface area contributed by atoms with Gasteiger partial charge in [-0.25, -0.2) is 4.79 Å². The summed E-state index contributed by atoms with van der Waals surface area (Å²) in [6.07, 6.45) is 2.80. The predicted octanol–water partition coefficient (Wildman–Crippen LogP) is 4.77. The average molecular weight is 366 g/mol. The fraction of sp³-hybridized carbons (Fsp3) is 0.0833. The number of aromatic carboxylic acids is 1. The van der Waals surface area contributed by atoms with Crippen LogP contribution in [-0.4, -0.2) is 23.8 Å². The molecule has 4 rings (SSSR count). The molecule has 0 radical (unpaired) electrons. The number of anilines is 1. The lowest BCUT2D eigenvalue weighted by Gasteiger charge is -2.09. The van der Waals surface area contributed by atoms with Gasteiger partial charge in [0.15, 0.2) is 0 Å². The molecule has 0 saturated heterocycles. The van der Waals surface area contributed by atoms with Crippen LogP contribution < -0.4 is 5.32 Å². The Morgan fingerprint density at radius 3 is 2.75 bits per heavy atom. The van der Waals surface area contributed by atoms with E-state index in [1.165, 1.54) is 5.56 Å². The van der Waals surface area contributed by atoms with Gasteiger partial charge in [-0.3, -0.25) is 4.99 Å². The van der Waals surface area contributed by atoms with Crippen molar-refractivity contribution in [2.24, 2.45) is 4.99 Å². The molecule has 0 amide bonds. The highest BCUT2D eigenvalue weighted by atomic mass is 16.4. The summed E-state index contributed by atoms with van der Waals surface area (Å²) in [7, 11) is 0. The van der Waals surface area contributed by atoms with E-state index >= 15 is 0 Å². The van der Waals surface area contributed by atoms with Crippen LogP contribution in [0.3, 0.4) is 0 Å². The fourth-order valence-corrected chi connectivity index (χ4v) is 3.25. The minimum atomic E-state index is -0.959. The summed E-state index contributed by atoms with van der Waals surface area (Å²) in [6, 6.07) is 20.8. The smallest absolute Gasteiger partial charge is 0.336 e. The van der Waals surface area contributed by atoms with E-state index in [-0.39, 0.29) is 5.56 Å². The summed E-state index contributed by atoms with van der Waals surface area (Å²) in [4.78, 5) is 16.0. The molecule has 4 nitrogen and oxygen atoms in total. The van der Waals surface area contributed by atoms with E-state index < -0.39 is 5.97 Å². The zero-order valence-electron chi connectivity index (χ0n) is 15.1. The van der Waals surface area contributed by atoms with Crippen LogP contribution in [0.4, 0.5) is 11.4 Å². The molecule has 1 aliphatic heterocycles. The van der Waals surface area contributed by atoms with Gasteiger partial charge in [0.25, 0.3) is 0 Å². The molecule has 0 atom stereocenters. The van der Waals surface area contributed by atoms with Gasteiger partial charge in [-0.1, -0.05) is 54.3 Å². The van der Waals surface area contributed by atoms with E-state index in [0.29, 0.717) is 17.7 Å². The zero-order valence-corrected chi connectivity index (χ0v) is 15.1. The van der Waals surface area contributed by atoms with Crippen LogP contribution in [0.25, 0.3) is 11.1 Å². The van der Waals surface area contributed by atoms with Crippen molar-refractivity contribution in [1.29, 1.82) is 0 Å². The highest BCUT2D eigenvalue weighted by molar-refractivity contribution is 5.97. The maximum Gasteiger partial charge on any atom is 0.336 e. The van der Waals surface area contributed by atoms with Gasteiger partial charge >= 0.3 is 5.97 Å². The standard InChI is InChI=1S/C24H18N2O2/c27-24(28)21-10-4-8-19(23(21)18-6-2-1-3-7-18)9-5-14-25-20-12-11-17-13-15-26-22(17)16-20/h1-4,6-8,10-12,15-16,25H,13-14H2,(H,27,28). The third kappa shape index (κ3) is 3.65. The molecule has 4 heteroatoms. The van der Waals surface area contributed by atoms with Gasteiger partial charge in [0, 0.05) is 29.4 Å². The Morgan fingerprint density at radius 2 is 1.93 bits per heavy atom. The van der Waals surface area contributed by atoms with Crippen LogP contribution in [0.2, 0.25) is 0 Å². The van der Waals surface area contributed by atoms with E-state index in [1.807, 2.05) is 54.7 Å². The Hall–Kier alpha value is -3.84. The predicted molar refractivity (Wildman–Crippen MR) is 113 cm³/mol. The number of carboxylic acids is 1. The molecule has 3 aromatic rings. The third-order valence-electron chi connectivity index (χ3n) is 4.59. The molecule has 0 fully saturated rings. The molecule has 136 valence electrons. The number of hydrogen-bond acceptors (Lipinski definition) is 3. The average Bonchev–Trinajstić information content (AvgIpc) is 3.19. The number of carbonyl (C=O) groups is 1. The van der Waals surface area contributed by atoms with Crippen LogP contribution in [-0.2, 0) is 6.42 Å². The van der Waals surface area contributed by atoms with Crippen molar-refractivity contribution in [2.45, 2.75) is 6.42 Å². The molecule has 3 aromatic carbocycles. The van der Waals surface area contributed by atoms with Gasteiger partial charge < -0.3 is 10.4 Å². The van der Waals surface area contributed by atoms with E-state index in [2.05, 4.69) is 28.2 Å². The summed E-state index contributed by atoms with van der Waals surface area (Å²) in [5.74, 6) is 5.27. The van der Waals surface area contributed by atoms with E-state index in [1.54, 1.807) is 12.1 Å². The molecule has 0 aromatic heterocycles. The number of hydrogen-bond donors (Lipinski definition) is 2. The third-order valence-corrected chi connectivity index (χ3v) is 4.59. The first-order valence-corrected chi connectivity index (χ1v) is 9.02. The van der Waals surface area contributed by atoms with E-state index in [9.17, 15) is 9.90 Å². The number of carboxylic acid groups (broad SMARTS) is 1. The minimum absolute atomic E-state index is 0.252. The number of nitrogens with one attached hydrogen (secondary N) is 1. The summed E-state index contributed by atoms with van der Waals surface area (Å²) >= 11 is 0. The van der Waals surface area contributed by atoms with Crippen LogP contribution in [0.15, 0.2) is 71.7 Å². The molecule has 1 heterocycles. The van der Waals surface area contributed by atoms with Gasteiger partial charge in [0.1, 0.15) is 0 Å². The number of nitrogens with zero attached hydrogens (tertiary/aromatic N) is 1. The number of aliphatic imine (C=N–C) groups is 1. The van der Waals surface area contributed by atoms with Crippen LogP contribution >= 0.6 is 0 Å². The molecule has 1 aliphatic rings. The Labute approximate surface area is 163 Å². The van der Waals surface area contributed by atoms with Crippen molar-refractivity contribution in [3.8, 4) is 23.0 Å². The first-order chi connectivity index (χ1) is 13.7. The number of benzene rings is 3. The highest BCUT2D eigenvalue weighted by Gasteiger charge is 2.14. The van der Waals surface area contributed by atoms with Gasteiger partial charge in [0.2, 0.25) is 0 Å². The van der Waals surface area contributed by atoms with Gasteiger partial charge in [0.05, 0.1) is 17.8 Å². The molecular formula is C24H18N2O2. The molecule has 0 unspecified atom stereocenters. The SMILES string of the molecule is O=C(O)c1cccc(C#CCNc2ccc3c(c2)N=CC3)c1-c1ccccc1. The second-order valence-electron chi connectivity index (χ2n) is 6.41. The molecule has 0 bridgehead atoms. The van der Waals surface area contributed by atoms with E-state index in [0.717, 1.165) is 23.4 Å². The van der Waals surface area contributed by atoms with Crippen molar-refractivity contribution in [1.82, 2.24) is 0 Å². The monoisotopic (exact) mass is 366 g/mol. The second kappa shape index (κ2) is 7.81. The van der Waals surface area contributed by atoms with Crippen LogP contribution in [0, 0.1) is 11.8 Å². The Morgan fingerprint density at radius 1 is 1.07 bits per heavy atom. The first kappa shape index (κ1) is 17.6. The summed E-state index contributed by atoms with van der Waals surface area (Å²) in [5.41, 5.74) is 5.64. The van der Waals surface area contributed by atoms with Crippen LogP contribution in [0.5, 0.6) is 0 Å². The molecule has 0 spiro atoms. The van der Waals surface area contributed by atoms with Crippen molar-refractivity contribution in [3.63, 3.8) is 0 Å². The lowest BCUT2D eigenvalue weighted by atomic mass is 9.94. The summed E-state index contributed by atoms with van der Waals surface area (Å²) in [5, 5.41) is 12.9. The topological polar surface area (TPSA) is 61.7 Å². The Kier molecular flexibility index (Phi) is 4.90. The fourth-order valence-electron chi connectivity index (χ4n) is 3.25. The summed E-state index contributed by atoms with van der Waals surface area (Å²) < 4.78 is 0. The van der Waals surface area contributed by atoms with Crippen molar-refractivity contribution < 1.29 is 9.90 Å². The highest BCUT2D eigenvalue weighted by Crippen LogP contribution is 2.28. The second-order valence-corrected chi connectivity index (χ2v) is 6.41. The molecule has 2 N–H and O–H groups in total. The number of rotatable bonds is 4. The normalized spacial score (nSPS) is 11.4. The maximum atomic E-state index is 11.7. The first-order valence-electron chi connectivity index (χ1n) is 9.02. The Balaban J connectivity index is 1.58. The van der Waals surface area contributed by atoms with Crippen molar-refractivity contribution >= 4 is 23.6 Å². The van der Waals surface area contributed by atoms with E-state index in [4.69, 9.17) is 0 Å². The number of fused-ring (bicyclic) bond motifs is 1. The van der Waals surface area contributed by atoms with Crippen molar-refractivity contribution in [2.75, 3.05) is 11.9 Å². The lowest BCUT2D eigenvalue weighted by molar-refractivity contribution is 0.0697. The molecule has 0 aliphatic carbocycles. The zero-order chi connectivity index (χ0) is 19.3. The quantitative estimate of drug-likeness (QED) is 0.654. The summed E-state index contributed by atoms with van der Waals surface area (Å²) in [6.45, 7) is 0.452. The van der Waals surface area contributed by atoms with Crippen molar-refractivity contribution in [3.05, 3.63) is 83.4 Å².